The minimum absolute atomic E-state index is 0.223. The monoisotopic (exact) mass is 296 g/mol. The lowest BCUT2D eigenvalue weighted by molar-refractivity contribution is 0.140. The van der Waals surface area contributed by atoms with Crippen LogP contribution >= 0.6 is 0 Å². The molecule has 0 spiro atoms. The van der Waals surface area contributed by atoms with Gasteiger partial charge < -0.3 is 5.11 Å². The number of hydrogen-bond donors (Lipinski definition) is 2. The smallest absolute Gasteiger partial charge is 0.0991 e. The van der Waals surface area contributed by atoms with Gasteiger partial charge in [0.25, 0.3) is 0 Å². The molecule has 1 aromatic heterocycles. The van der Waals surface area contributed by atoms with Crippen LogP contribution in [0.5, 0.6) is 0 Å². The van der Waals surface area contributed by atoms with Crippen molar-refractivity contribution < 1.29 is 5.11 Å². The van der Waals surface area contributed by atoms with Crippen molar-refractivity contribution in [2.75, 3.05) is 13.1 Å². The molecule has 0 saturated carbocycles. The minimum Gasteiger partial charge on any atom is -0.391 e. The van der Waals surface area contributed by atoms with Crippen LogP contribution in [0, 0.1) is 24.2 Å². The molecule has 0 bridgehead atoms. The normalized spacial score (nSPS) is 21.9. The number of benzene rings is 1. The molecule has 5 heteroatoms. The van der Waals surface area contributed by atoms with Crippen LogP contribution in [0.25, 0.3) is 0 Å². The Morgan fingerprint density at radius 1 is 1.36 bits per heavy atom. The minimum atomic E-state index is -0.310. The van der Waals surface area contributed by atoms with Gasteiger partial charge in [-0.1, -0.05) is 12.1 Å². The molecule has 3 rings (SSSR count). The second-order valence-electron chi connectivity index (χ2n) is 6.08. The molecule has 0 radical (unpaired) electrons. The van der Waals surface area contributed by atoms with Crippen molar-refractivity contribution in [1.82, 2.24) is 15.1 Å². The fraction of sp³-hybridized carbons (Fsp3) is 0.412. The first kappa shape index (κ1) is 14.8. The molecule has 1 saturated heterocycles. The van der Waals surface area contributed by atoms with E-state index >= 15 is 0 Å². The first-order valence-electron chi connectivity index (χ1n) is 7.54. The van der Waals surface area contributed by atoms with Gasteiger partial charge in [-0.05, 0) is 37.1 Å². The van der Waals surface area contributed by atoms with Crippen molar-refractivity contribution in [3.8, 4) is 6.07 Å². The molecule has 2 heterocycles. The highest BCUT2D eigenvalue weighted by atomic mass is 16.3. The Kier molecular flexibility index (Phi) is 4.23. The lowest BCUT2D eigenvalue weighted by Crippen LogP contribution is -2.21. The fourth-order valence-electron chi connectivity index (χ4n) is 3.06. The van der Waals surface area contributed by atoms with Gasteiger partial charge in [0, 0.05) is 31.2 Å². The molecule has 1 aromatic carbocycles. The maximum atomic E-state index is 10.3. The molecule has 0 amide bonds. The summed E-state index contributed by atoms with van der Waals surface area (Å²) in [6, 6.07) is 11.8. The molecule has 1 aliphatic heterocycles. The number of aromatic amines is 1. The third kappa shape index (κ3) is 3.35. The molecule has 114 valence electrons. The van der Waals surface area contributed by atoms with E-state index in [0.29, 0.717) is 12.1 Å². The number of hydrogen-bond acceptors (Lipinski definition) is 4. The summed E-state index contributed by atoms with van der Waals surface area (Å²) in [5.74, 6) is 0.223. The second-order valence-corrected chi connectivity index (χ2v) is 6.08. The second kappa shape index (κ2) is 6.30. The molecule has 22 heavy (non-hydrogen) atoms. The van der Waals surface area contributed by atoms with Gasteiger partial charge in [0.2, 0.25) is 0 Å². The molecule has 2 atom stereocenters. The third-order valence-corrected chi connectivity index (χ3v) is 4.20. The highest BCUT2D eigenvalue weighted by molar-refractivity contribution is 5.31. The zero-order valence-electron chi connectivity index (χ0n) is 12.7. The SMILES string of the molecule is Cc1cc(C[C@@H]2CN(Cc3ccc(C#N)cc3)C[C@@H]2O)n[nH]1. The van der Waals surface area contributed by atoms with Crippen molar-refractivity contribution in [2.45, 2.75) is 26.0 Å². The molecule has 2 aromatic rings. The molecule has 2 N–H and O–H groups in total. The van der Waals surface area contributed by atoms with Crippen LogP contribution < -0.4 is 0 Å². The van der Waals surface area contributed by atoms with E-state index in [2.05, 4.69) is 21.2 Å². The van der Waals surface area contributed by atoms with Gasteiger partial charge in [-0.15, -0.1) is 0 Å². The van der Waals surface area contributed by atoms with Gasteiger partial charge in [0.05, 0.1) is 23.4 Å². The van der Waals surface area contributed by atoms with E-state index < -0.39 is 0 Å². The summed E-state index contributed by atoms with van der Waals surface area (Å²) in [6.45, 7) is 4.35. The maximum Gasteiger partial charge on any atom is 0.0991 e. The molecule has 5 nitrogen and oxygen atoms in total. The highest BCUT2D eigenvalue weighted by Crippen LogP contribution is 2.22. The predicted octanol–water partition coefficient (Wildman–Crippen LogP) is 1.63. The van der Waals surface area contributed by atoms with Crippen LogP contribution in [0.1, 0.15) is 22.5 Å². The average molecular weight is 296 g/mol. The van der Waals surface area contributed by atoms with Crippen LogP contribution in [0.2, 0.25) is 0 Å². The van der Waals surface area contributed by atoms with E-state index in [1.54, 1.807) is 0 Å². The summed E-state index contributed by atoms with van der Waals surface area (Å²) in [5.41, 5.74) is 3.91. The van der Waals surface area contributed by atoms with Crippen LogP contribution in [-0.2, 0) is 13.0 Å². The lowest BCUT2D eigenvalue weighted by Gasteiger charge is -2.15. The first-order chi connectivity index (χ1) is 10.6. The van der Waals surface area contributed by atoms with Crippen molar-refractivity contribution in [3.63, 3.8) is 0 Å². The number of nitriles is 1. The fourth-order valence-corrected chi connectivity index (χ4v) is 3.06. The Labute approximate surface area is 130 Å². The number of aromatic nitrogens is 2. The van der Waals surface area contributed by atoms with E-state index in [9.17, 15) is 5.11 Å². The number of rotatable bonds is 4. The summed E-state index contributed by atoms with van der Waals surface area (Å²) in [6.07, 6.45) is 0.491. The standard InChI is InChI=1S/C17H20N4O/c1-12-6-16(20-19-12)7-15-10-21(11-17(15)22)9-14-4-2-13(8-18)3-5-14/h2-6,15,17,22H,7,9-11H2,1H3,(H,19,20)/t15-,17+/m1/s1. The Bertz CT molecular complexity index is 671. The maximum absolute atomic E-state index is 10.3. The number of likely N-dealkylation sites (tertiary alicyclic amines) is 1. The van der Waals surface area contributed by atoms with E-state index in [4.69, 9.17) is 5.26 Å². The van der Waals surface area contributed by atoms with Crippen molar-refractivity contribution in [1.29, 1.82) is 5.26 Å². The third-order valence-electron chi connectivity index (χ3n) is 4.20. The predicted molar refractivity (Wildman–Crippen MR) is 83.0 cm³/mol. The van der Waals surface area contributed by atoms with Crippen LogP contribution in [-0.4, -0.2) is 39.4 Å². The van der Waals surface area contributed by atoms with Gasteiger partial charge >= 0.3 is 0 Å². The zero-order valence-corrected chi connectivity index (χ0v) is 12.7. The number of aliphatic hydroxyl groups excluding tert-OH is 1. The Hall–Kier alpha value is -2.16. The topological polar surface area (TPSA) is 75.9 Å². The van der Waals surface area contributed by atoms with Crippen molar-refractivity contribution in [3.05, 3.63) is 52.8 Å². The molecule has 0 aliphatic carbocycles. The van der Waals surface area contributed by atoms with Gasteiger partial charge in [0.1, 0.15) is 0 Å². The number of nitrogens with zero attached hydrogens (tertiary/aromatic N) is 3. The largest absolute Gasteiger partial charge is 0.391 e. The molecule has 1 aliphatic rings. The Morgan fingerprint density at radius 2 is 2.14 bits per heavy atom. The summed E-state index contributed by atoms with van der Waals surface area (Å²) in [5, 5.41) is 26.3. The number of aliphatic hydroxyl groups is 1. The van der Waals surface area contributed by atoms with E-state index in [0.717, 1.165) is 30.9 Å². The highest BCUT2D eigenvalue weighted by Gasteiger charge is 2.31. The number of H-pyrrole nitrogens is 1. The summed E-state index contributed by atoms with van der Waals surface area (Å²) >= 11 is 0. The summed E-state index contributed by atoms with van der Waals surface area (Å²) in [4.78, 5) is 2.26. The van der Waals surface area contributed by atoms with E-state index in [-0.39, 0.29) is 12.0 Å². The summed E-state index contributed by atoms with van der Waals surface area (Å²) < 4.78 is 0. The van der Waals surface area contributed by atoms with Crippen LogP contribution in [0.15, 0.2) is 30.3 Å². The lowest BCUT2D eigenvalue weighted by atomic mass is 10.0. The first-order valence-corrected chi connectivity index (χ1v) is 7.54. The number of β-amino-alcohol motifs (C(OH)–C–C–N with tert-alkyl or cyclic N) is 1. The summed E-state index contributed by atoms with van der Waals surface area (Å²) in [7, 11) is 0. The molecular formula is C17H20N4O. The number of aryl methyl sites for hydroxylation is 1. The average Bonchev–Trinajstić information content (AvgIpc) is 3.06. The Balaban J connectivity index is 1.59. The molecule has 1 fully saturated rings. The van der Waals surface area contributed by atoms with Gasteiger partial charge in [-0.3, -0.25) is 10.00 Å². The van der Waals surface area contributed by atoms with Gasteiger partial charge in [0.15, 0.2) is 0 Å². The van der Waals surface area contributed by atoms with Gasteiger partial charge in [-0.25, -0.2) is 0 Å². The van der Waals surface area contributed by atoms with E-state index in [1.165, 1.54) is 5.56 Å². The van der Waals surface area contributed by atoms with Gasteiger partial charge in [-0.2, -0.15) is 10.4 Å². The molecule has 0 unspecified atom stereocenters. The van der Waals surface area contributed by atoms with Crippen LogP contribution in [0.3, 0.4) is 0 Å². The Morgan fingerprint density at radius 3 is 2.77 bits per heavy atom. The van der Waals surface area contributed by atoms with Crippen LogP contribution in [0.4, 0.5) is 0 Å². The van der Waals surface area contributed by atoms with Crippen molar-refractivity contribution >= 4 is 0 Å². The molecular weight excluding hydrogens is 276 g/mol. The number of nitrogens with one attached hydrogen (secondary N) is 1. The quantitative estimate of drug-likeness (QED) is 0.899. The van der Waals surface area contributed by atoms with E-state index in [1.807, 2.05) is 37.3 Å². The van der Waals surface area contributed by atoms with Crippen molar-refractivity contribution in [2.24, 2.45) is 5.92 Å². The zero-order chi connectivity index (χ0) is 15.5.